The van der Waals surface area contributed by atoms with Crippen LogP contribution in [0.4, 0.5) is 5.69 Å². The summed E-state index contributed by atoms with van der Waals surface area (Å²) in [7, 11) is 3.25. The Morgan fingerprint density at radius 2 is 2.00 bits per heavy atom. The van der Waals surface area contributed by atoms with Gasteiger partial charge in [0.15, 0.2) is 6.29 Å². The molecule has 0 saturated heterocycles. The average Bonchev–Trinajstić information content (AvgIpc) is 2.40. The molecule has 4 nitrogen and oxygen atoms in total. The molecule has 0 aliphatic heterocycles. The molecule has 1 heterocycles. The minimum Gasteiger partial charge on any atom is -0.379 e. The van der Waals surface area contributed by atoms with Crippen LogP contribution < -0.4 is 5.32 Å². The van der Waals surface area contributed by atoms with Crippen LogP contribution in [0.15, 0.2) is 36.5 Å². The first-order valence-corrected chi connectivity index (χ1v) is 5.48. The zero-order valence-electron chi connectivity index (χ0n) is 10.0. The number of pyridine rings is 1. The van der Waals surface area contributed by atoms with E-state index in [9.17, 15) is 0 Å². The number of fused-ring (bicyclic) bond motifs is 1. The second-order valence-electron chi connectivity index (χ2n) is 3.66. The summed E-state index contributed by atoms with van der Waals surface area (Å²) in [5.74, 6) is 0. The lowest BCUT2D eigenvalue weighted by atomic mass is 10.2. The van der Waals surface area contributed by atoms with Crippen molar-refractivity contribution < 1.29 is 9.47 Å². The number of rotatable bonds is 5. The molecule has 4 heteroatoms. The van der Waals surface area contributed by atoms with Crippen LogP contribution in [0.5, 0.6) is 0 Å². The highest BCUT2D eigenvalue weighted by molar-refractivity contribution is 5.91. The van der Waals surface area contributed by atoms with E-state index in [-0.39, 0.29) is 6.29 Å². The van der Waals surface area contributed by atoms with Gasteiger partial charge in [-0.05, 0) is 24.3 Å². The maximum atomic E-state index is 5.13. The molecule has 2 aromatic rings. The summed E-state index contributed by atoms with van der Waals surface area (Å²) < 4.78 is 10.3. The van der Waals surface area contributed by atoms with Gasteiger partial charge < -0.3 is 14.8 Å². The number of ether oxygens (including phenoxy) is 2. The first-order chi connectivity index (χ1) is 8.35. The highest BCUT2D eigenvalue weighted by Crippen LogP contribution is 2.21. The van der Waals surface area contributed by atoms with Crippen molar-refractivity contribution in [2.24, 2.45) is 0 Å². The van der Waals surface area contributed by atoms with Gasteiger partial charge in [-0.25, -0.2) is 0 Å². The Hall–Kier alpha value is -1.65. The lowest BCUT2D eigenvalue weighted by molar-refractivity contribution is -0.0913. The largest absolute Gasteiger partial charge is 0.379 e. The van der Waals surface area contributed by atoms with E-state index in [2.05, 4.69) is 10.3 Å². The normalized spacial score (nSPS) is 11.0. The van der Waals surface area contributed by atoms with E-state index in [0.29, 0.717) is 6.54 Å². The molecule has 0 spiro atoms. The lowest BCUT2D eigenvalue weighted by Gasteiger charge is -2.15. The molecule has 0 amide bonds. The molecule has 0 fully saturated rings. The molecule has 1 aromatic carbocycles. The van der Waals surface area contributed by atoms with Crippen LogP contribution in [0, 0.1) is 0 Å². The van der Waals surface area contributed by atoms with Gasteiger partial charge in [-0.3, -0.25) is 4.98 Å². The molecule has 1 N–H and O–H groups in total. The summed E-state index contributed by atoms with van der Waals surface area (Å²) in [5, 5.41) is 4.40. The topological polar surface area (TPSA) is 43.4 Å². The van der Waals surface area contributed by atoms with E-state index in [0.717, 1.165) is 16.6 Å². The Kier molecular flexibility index (Phi) is 3.90. The minimum absolute atomic E-state index is 0.248. The van der Waals surface area contributed by atoms with Crippen LogP contribution in [-0.4, -0.2) is 32.0 Å². The Bertz CT molecular complexity index is 478. The van der Waals surface area contributed by atoms with Gasteiger partial charge in [0, 0.05) is 31.5 Å². The average molecular weight is 232 g/mol. The fourth-order valence-electron chi connectivity index (χ4n) is 1.71. The van der Waals surface area contributed by atoms with E-state index in [1.807, 2.05) is 30.3 Å². The third-order valence-electron chi connectivity index (χ3n) is 2.63. The van der Waals surface area contributed by atoms with Crippen LogP contribution in [0.25, 0.3) is 10.9 Å². The van der Waals surface area contributed by atoms with Gasteiger partial charge >= 0.3 is 0 Å². The van der Waals surface area contributed by atoms with E-state index >= 15 is 0 Å². The molecule has 1 aromatic heterocycles. The Morgan fingerprint density at radius 1 is 1.18 bits per heavy atom. The van der Waals surface area contributed by atoms with Gasteiger partial charge in [0.25, 0.3) is 0 Å². The second kappa shape index (κ2) is 5.61. The Balaban J connectivity index is 2.18. The zero-order chi connectivity index (χ0) is 12.1. The van der Waals surface area contributed by atoms with Crippen LogP contribution in [0.1, 0.15) is 0 Å². The van der Waals surface area contributed by atoms with Gasteiger partial charge in [-0.1, -0.05) is 6.07 Å². The van der Waals surface area contributed by atoms with Crippen LogP contribution in [-0.2, 0) is 9.47 Å². The van der Waals surface area contributed by atoms with Gasteiger partial charge in [0.05, 0.1) is 12.1 Å². The maximum absolute atomic E-state index is 5.13. The number of hydrogen-bond acceptors (Lipinski definition) is 4. The van der Waals surface area contributed by atoms with E-state index < -0.39 is 0 Å². The second-order valence-corrected chi connectivity index (χ2v) is 3.66. The SMILES string of the molecule is COC(CNc1cccc2ncccc12)OC. The van der Waals surface area contributed by atoms with Crippen LogP contribution in [0.2, 0.25) is 0 Å². The summed E-state index contributed by atoms with van der Waals surface area (Å²) >= 11 is 0. The molecular formula is C13H16N2O2. The smallest absolute Gasteiger partial charge is 0.173 e. The number of hydrogen-bond donors (Lipinski definition) is 1. The first kappa shape index (κ1) is 11.8. The number of methoxy groups -OCH3 is 2. The molecular weight excluding hydrogens is 216 g/mol. The third-order valence-corrected chi connectivity index (χ3v) is 2.63. The van der Waals surface area contributed by atoms with Crippen molar-refractivity contribution in [2.75, 3.05) is 26.1 Å². The summed E-state index contributed by atoms with van der Waals surface area (Å²) in [5.41, 5.74) is 2.01. The number of benzene rings is 1. The summed E-state index contributed by atoms with van der Waals surface area (Å²) in [6.07, 6.45) is 1.54. The highest BCUT2D eigenvalue weighted by Gasteiger charge is 2.06. The molecule has 2 rings (SSSR count). The van der Waals surface area contributed by atoms with Crippen LogP contribution >= 0.6 is 0 Å². The maximum Gasteiger partial charge on any atom is 0.173 e. The van der Waals surface area contributed by atoms with Crippen molar-refractivity contribution in [2.45, 2.75) is 6.29 Å². The highest BCUT2D eigenvalue weighted by atomic mass is 16.7. The van der Waals surface area contributed by atoms with Gasteiger partial charge in [-0.15, -0.1) is 0 Å². The number of nitrogens with zero attached hydrogens (tertiary/aromatic N) is 1. The monoisotopic (exact) mass is 232 g/mol. The first-order valence-electron chi connectivity index (χ1n) is 5.48. The molecule has 17 heavy (non-hydrogen) atoms. The molecule has 90 valence electrons. The summed E-state index contributed by atoms with van der Waals surface area (Å²) in [6.45, 7) is 0.598. The molecule has 0 unspecified atom stereocenters. The minimum atomic E-state index is -0.248. The zero-order valence-corrected chi connectivity index (χ0v) is 10.0. The summed E-state index contributed by atoms with van der Waals surface area (Å²) in [4.78, 5) is 4.31. The molecule has 0 aliphatic rings. The predicted molar refractivity (Wildman–Crippen MR) is 68.0 cm³/mol. The van der Waals surface area contributed by atoms with E-state index in [1.165, 1.54) is 0 Å². The van der Waals surface area contributed by atoms with Crippen LogP contribution in [0.3, 0.4) is 0 Å². The number of anilines is 1. The Morgan fingerprint density at radius 3 is 2.76 bits per heavy atom. The van der Waals surface area contributed by atoms with E-state index in [1.54, 1.807) is 20.4 Å². The van der Waals surface area contributed by atoms with Gasteiger partial charge in [0.1, 0.15) is 0 Å². The lowest BCUT2D eigenvalue weighted by Crippen LogP contribution is -2.23. The van der Waals surface area contributed by atoms with Crippen molar-refractivity contribution in [1.82, 2.24) is 4.98 Å². The Labute approximate surface area is 101 Å². The summed E-state index contributed by atoms with van der Waals surface area (Å²) in [6, 6.07) is 9.96. The van der Waals surface area contributed by atoms with Gasteiger partial charge in [-0.2, -0.15) is 0 Å². The number of nitrogens with one attached hydrogen (secondary N) is 1. The van der Waals surface area contributed by atoms with Crippen molar-refractivity contribution in [3.05, 3.63) is 36.5 Å². The van der Waals surface area contributed by atoms with E-state index in [4.69, 9.17) is 9.47 Å². The molecule has 0 bridgehead atoms. The molecule has 0 atom stereocenters. The van der Waals surface area contributed by atoms with Crippen molar-refractivity contribution in [3.63, 3.8) is 0 Å². The quantitative estimate of drug-likeness (QED) is 0.803. The molecule has 0 aliphatic carbocycles. The molecule has 0 saturated carbocycles. The fourth-order valence-corrected chi connectivity index (χ4v) is 1.71. The third kappa shape index (κ3) is 2.72. The van der Waals surface area contributed by atoms with Crippen molar-refractivity contribution in [3.8, 4) is 0 Å². The number of aromatic nitrogens is 1. The van der Waals surface area contributed by atoms with Gasteiger partial charge in [0.2, 0.25) is 0 Å². The fraction of sp³-hybridized carbons (Fsp3) is 0.308. The molecule has 0 radical (unpaired) electrons. The van der Waals surface area contributed by atoms with Crippen molar-refractivity contribution in [1.29, 1.82) is 0 Å². The van der Waals surface area contributed by atoms with Crippen molar-refractivity contribution >= 4 is 16.6 Å². The predicted octanol–water partition coefficient (Wildman–Crippen LogP) is 2.27. The standard InChI is InChI=1S/C13H16N2O2/c1-16-13(17-2)9-15-12-7-3-6-11-10(12)5-4-8-14-11/h3-8,13,15H,9H2,1-2H3.